The summed E-state index contributed by atoms with van der Waals surface area (Å²) >= 11 is 7.92. The van der Waals surface area contributed by atoms with Crippen molar-refractivity contribution in [2.45, 2.75) is 24.3 Å². The van der Waals surface area contributed by atoms with Crippen LogP contribution in [0.2, 0.25) is 5.02 Å². The molecule has 2 aromatic carbocycles. The minimum atomic E-state index is -0.796. The van der Waals surface area contributed by atoms with Crippen LogP contribution in [0, 0.1) is 0 Å². The first-order valence-corrected chi connectivity index (χ1v) is 8.24. The summed E-state index contributed by atoms with van der Waals surface area (Å²) in [5, 5.41) is 9.78. The molecule has 2 nitrogen and oxygen atoms in total. The first kappa shape index (κ1) is 15.9. The highest BCUT2D eigenvalue weighted by Crippen LogP contribution is 2.24. The maximum atomic E-state index is 10.9. The molecule has 110 valence electrons. The first-order chi connectivity index (χ1) is 10.1. The molecule has 0 aromatic heterocycles. The van der Waals surface area contributed by atoms with Crippen molar-refractivity contribution in [2.24, 2.45) is 0 Å². The molecule has 0 aliphatic carbocycles. The molecule has 2 rings (SSSR count). The van der Waals surface area contributed by atoms with E-state index in [9.17, 15) is 4.79 Å². The van der Waals surface area contributed by atoms with Crippen LogP contribution in [0.4, 0.5) is 0 Å². The summed E-state index contributed by atoms with van der Waals surface area (Å²) in [7, 11) is 0. The van der Waals surface area contributed by atoms with Crippen LogP contribution >= 0.6 is 23.4 Å². The number of rotatable bonds is 6. The number of thioether (sulfide) groups is 1. The largest absolute Gasteiger partial charge is 0.481 e. The number of halogens is 1. The monoisotopic (exact) mass is 320 g/mol. The van der Waals surface area contributed by atoms with Crippen LogP contribution in [-0.4, -0.2) is 11.1 Å². The second-order valence-electron chi connectivity index (χ2n) is 4.89. The summed E-state index contributed by atoms with van der Waals surface area (Å²) in [6.45, 7) is 1.70. The van der Waals surface area contributed by atoms with Crippen molar-refractivity contribution in [3.8, 4) is 0 Å². The molecule has 0 saturated carbocycles. The number of benzene rings is 2. The molecule has 0 spiro atoms. The van der Waals surface area contributed by atoms with E-state index in [-0.39, 0.29) is 0 Å². The molecule has 0 bridgehead atoms. The zero-order chi connectivity index (χ0) is 15.2. The Balaban J connectivity index is 1.90. The molecule has 1 N–H and O–H groups in total. The Bertz CT molecular complexity index is 610. The third-order valence-corrected chi connectivity index (χ3v) is 4.76. The number of carboxylic acids is 1. The molecule has 0 fully saturated rings. The van der Waals surface area contributed by atoms with Crippen LogP contribution in [0.15, 0.2) is 48.5 Å². The fourth-order valence-corrected chi connectivity index (χ4v) is 3.22. The summed E-state index contributed by atoms with van der Waals surface area (Å²) < 4.78 is 0. The molecule has 0 aliphatic rings. The van der Waals surface area contributed by atoms with Crippen LogP contribution < -0.4 is 0 Å². The molecule has 1 atom stereocenters. The Labute approximate surface area is 134 Å². The van der Waals surface area contributed by atoms with Crippen molar-refractivity contribution in [1.29, 1.82) is 0 Å². The van der Waals surface area contributed by atoms with E-state index in [4.69, 9.17) is 16.7 Å². The molecular weight excluding hydrogens is 304 g/mol. The Morgan fingerprint density at radius 2 is 1.81 bits per heavy atom. The molecule has 4 heteroatoms. The lowest BCUT2D eigenvalue weighted by Gasteiger charge is -2.08. The van der Waals surface area contributed by atoms with Gasteiger partial charge < -0.3 is 5.11 Å². The highest BCUT2D eigenvalue weighted by atomic mass is 35.5. The van der Waals surface area contributed by atoms with Crippen LogP contribution in [0.1, 0.15) is 29.5 Å². The van der Waals surface area contributed by atoms with E-state index in [1.54, 1.807) is 18.7 Å². The Morgan fingerprint density at radius 3 is 2.43 bits per heavy atom. The Hall–Kier alpha value is -1.45. The van der Waals surface area contributed by atoms with Crippen LogP contribution in [0.5, 0.6) is 0 Å². The molecule has 0 heterocycles. The summed E-state index contributed by atoms with van der Waals surface area (Å²) in [6.07, 6.45) is 0. The topological polar surface area (TPSA) is 37.3 Å². The highest BCUT2D eigenvalue weighted by molar-refractivity contribution is 7.97. The Morgan fingerprint density at radius 1 is 1.14 bits per heavy atom. The van der Waals surface area contributed by atoms with Crippen molar-refractivity contribution in [3.05, 3.63) is 70.2 Å². The van der Waals surface area contributed by atoms with Crippen molar-refractivity contribution in [2.75, 3.05) is 0 Å². The van der Waals surface area contributed by atoms with E-state index in [0.29, 0.717) is 0 Å². The number of carboxylic acid groups (broad SMARTS) is 1. The van der Waals surface area contributed by atoms with Crippen molar-refractivity contribution < 1.29 is 9.90 Å². The molecule has 21 heavy (non-hydrogen) atoms. The molecule has 0 amide bonds. The van der Waals surface area contributed by atoms with Crippen LogP contribution in [0.3, 0.4) is 0 Å². The minimum Gasteiger partial charge on any atom is -0.481 e. The van der Waals surface area contributed by atoms with Gasteiger partial charge in [0.2, 0.25) is 0 Å². The zero-order valence-electron chi connectivity index (χ0n) is 11.8. The van der Waals surface area contributed by atoms with Gasteiger partial charge in [-0.25, -0.2) is 0 Å². The third-order valence-electron chi connectivity index (χ3n) is 3.33. The van der Waals surface area contributed by atoms with Gasteiger partial charge in [-0.1, -0.05) is 54.1 Å². The molecule has 1 unspecified atom stereocenters. The van der Waals surface area contributed by atoms with Gasteiger partial charge in [0.25, 0.3) is 0 Å². The van der Waals surface area contributed by atoms with E-state index in [2.05, 4.69) is 0 Å². The summed E-state index contributed by atoms with van der Waals surface area (Å²) in [4.78, 5) is 10.9. The molecule has 0 radical (unpaired) electrons. The summed E-state index contributed by atoms with van der Waals surface area (Å²) in [5.74, 6) is 0.491. The molecular formula is C17H17ClO2S. The maximum Gasteiger partial charge on any atom is 0.310 e. The summed E-state index contributed by atoms with van der Waals surface area (Å²) in [5.41, 5.74) is 3.16. The van der Waals surface area contributed by atoms with E-state index in [1.165, 1.54) is 5.56 Å². The average Bonchev–Trinajstić information content (AvgIpc) is 2.49. The zero-order valence-corrected chi connectivity index (χ0v) is 13.3. The van der Waals surface area contributed by atoms with Crippen molar-refractivity contribution in [1.82, 2.24) is 0 Å². The second-order valence-corrected chi connectivity index (χ2v) is 6.28. The lowest BCUT2D eigenvalue weighted by Crippen LogP contribution is -2.07. The Kier molecular flexibility index (Phi) is 5.71. The number of hydrogen-bond acceptors (Lipinski definition) is 2. The predicted octanol–water partition coefficient (Wildman–Crippen LogP) is 4.96. The SMILES string of the molecule is CC(C(=O)O)c1ccc(CSCc2ccccc2Cl)cc1. The predicted molar refractivity (Wildman–Crippen MR) is 88.9 cm³/mol. The van der Waals surface area contributed by atoms with Crippen molar-refractivity contribution in [3.63, 3.8) is 0 Å². The third kappa shape index (κ3) is 4.51. The van der Waals surface area contributed by atoms with E-state index >= 15 is 0 Å². The number of carbonyl (C=O) groups is 1. The van der Waals surface area contributed by atoms with Gasteiger partial charge in [-0.15, -0.1) is 0 Å². The van der Waals surface area contributed by atoms with Gasteiger partial charge in [-0.2, -0.15) is 11.8 Å². The molecule has 2 aromatic rings. The normalized spacial score (nSPS) is 12.1. The van der Waals surface area contributed by atoms with Gasteiger partial charge in [0.1, 0.15) is 0 Å². The second kappa shape index (κ2) is 7.53. The van der Waals surface area contributed by atoms with Gasteiger partial charge in [0.05, 0.1) is 5.92 Å². The van der Waals surface area contributed by atoms with Crippen LogP contribution in [0.25, 0.3) is 0 Å². The van der Waals surface area contributed by atoms with Gasteiger partial charge in [0.15, 0.2) is 0 Å². The van der Waals surface area contributed by atoms with E-state index < -0.39 is 11.9 Å². The lowest BCUT2D eigenvalue weighted by atomic mass is 10.0. The fourth-order valence-electron chi connectivity index (χ4n) is 1.94. The van der Waals surface area contributed by atoms with Gasteiger partial charge in [-0.3, -0.25) is 4.79 Å². The quantitative estimate of drug-likeness (QED) is 0.817. The average molecular weight is 321 g/mol. The van der Waals surface area contributed by atoms with Gasteiger partial charge in [0, 0.05) is 16.5 Å². The standard InChI is InChI=1S/C17H17ClO2S/c1-12(17(19)20)14-8-6-13(7-9-14)10-21-11-15-4-2-3-5-16(15)18/h2-9,12H,10-11H2,1H3,(H,19,20). The van der Waals surface area contributed by atoms with Gasteiger partial charge >= 0.3 is 5.97 Å². The smallest absolute Gasteiger partial charge is 0.310 e. The lowest BCUT2D eigenvalue weighted by molar-refractivity contribution is -0.138. The maximum absolute atomic E-state index is 10.9. The van der Waals surface area contributed by atoms with E-state index in [0.717, 1.165) is 27.7 Å². The first-order valence-electron chi connectivity index (χ1n) is 6.70. The fraction of sp³-hybridized carbons (Fsp3) is 0.235. The minimum absolute atomic E-state index is 0.463. The van der Waals surface area contributed by atoms with E-state index in [1.807, 2.05) is 48.5 Å². The molecule has 0 aliphatic heterocycles. The van der Waals surface area contributed by atoms with Crippen molar-refractivity contribution >= 4 is 29.3 Å². The number of hydrogen-bond donors (Lipinski definition) is 1. The summed E-state index contributed by atoms with van der Waals surface area (Å²) in [6, 6.07) is 15.6. The molecule has 0 saturated heterocycles. The van der Waals surface area contributed by atoms with Crippen LogP contribution in [-0.2, 0) is 16.3 Å². The highest BCUT2D eigenvalue weighted by Gasteiger charge is 2.12. The van der Waals surface area contributed by atoms with Gasteiger partial charge in [-0.05, 0) is 29.7 Å². The number of aliphatic carboxylic acids is 1.